The summed E-state index contributed by atoms with van der Waals surface area (Å²) in [5.74, 6) is 3.02. The van der Waals surface area contributed by atoms with Gasteiger partial charge in [0.15, 0.2) is 11.3 Å². The van der Waals surface area contributed by atoms with Gasteiger partial charge in [0, 0.05) is 33.7 Å². The second kappa shape index (κ2) is 7.50. The Balaban J connectivity index is 1.46. The van der Waals surface area contributed by atoms with Crippen molar-refractivity contribution in [2.75, 3.05) is 0 Å². The molecule has 8 aromatic rings. The normalized spacial score (nSPS) is 17.6. The first-order valence-corrected chi connectivity index (χ1v) is 17.1. The van der Waals surface area contributed by atoms with Crippen LogP contribution in [0.4, 0.5) is 0 Å². The van der Waals surface area contributed by atoms with Gasteiger partial charge >= 0.3 is 11.5 Å². The molecule has 12 rings (SSSR count). The molecule has 5 heteroatoms. The number of rotatable bonds is 0. The highest BCUT2D eigenvalue weighted by molar-refractivity contribution is 6.22. The number of fused-ring (bicyclic) bond motifs is 9. The molecule has 1 atom stereocenters. The van der Waals surface area contributed by atoms with Crippen molar-refractivity contribution in [1.82, 2.24) is 9.13 Å². The summed E-state index contributed by atoms with van der Waals surface area (Å²) in [6, 6.07) is 36.7. The van der Waals surface area contributed by atoms with Gasteiger partial charge in [0.2, 0.25) is 5.69 Å². The van der Waals surface area contributed by atoms with Crippen LogP contribution in [0.15, 0.2) is 97.1 Å². The summed E-state index contributed by atoms with van der Waals surface area (Å²) in [6.45, 7) is 13.9. The Labute approximate surface area is 277 Å². The standard InChI is InChI=1S/C43H34N4O/c1-41(2,3)23-18-32-33-19-24(42(4,5)6)21-36-47(33)43-37-31(16-11-17-34(37)48-36)44-29-14-9-7-12-25(29)27-22-28-26-13-8-10-15-30(26)45(35(20-23)46(32)43)40(28)38(43)39(27)44/h7-22H,1-6H3/q+2. The summed E-state index contributed by atoms with van der Waals surface area (Å²) >= 11 is 0. The number of benzene rings is 4. The minimum Gasteiger partial charge on any atom is -0.404 e. The molecule has 0 N–H and O–H groups in total. The summed E-state index contributed by atoms with van der Waals surface area (Å²) < 4.78 is 17.4. The predicted octanol–water partition coefficient (Wildman–Crippen LogP) is 9.06. The fourth-order valence-corrected chi connectivity index (χ4v) is 9.62. The van der Waals surface area contributed by atoms with Crippen molar-refractivity contribution in [3.63, 3.8) is 0 Å². The summed E-state index contributed by atoms with van der Waals surface area (Å²) in [6.07, 6.45) is 0. The zero-order valence-electron chi connectivity index (χ0n) is 27.9. The third-order valence-corrected chi connectivity index (χ3v) is 11.7. The molecule has 4 aromatic heterocycles. The Hall–Kier alpha value is -5.42. The van der Waals surface area contributed by atoms with Crippen LogP contribution < -0.4 is 13.9 Å². The van der Waals surface area contributed by atoms with E-state index in [0.717, 1.165) is 11.6 Å². The minimum absolute atomic E-state index is 0.0534. The molecule has 8 heterocycles. The van der Waals surface area contributed by atoms with Gasteiger partial charge in [0.25, 0.3) is 11.5 Å². The maximum atomic E-state index is 7.09. The molecule has 0 fully saturated rings. The van der Waals surface area contributed by atoms with Crippen molar-refractivity contribution in [3.05, 3.63) is 119 Å². The number of ether oxygens (including phenoxy) is 1. The van der Waals surface area contributed by atoms with E-state index >= 15 is 0 Å². The zero-order valence-corrected chi connectivity index (χ0v) is 27.9. The third-order valence-electron chi connectivity index (χ3n) is 11.7. The van der Waals surface area contributed by atoms with E-state index in [0.29, 0.717) is 0 Å². The number of hydrogen-bond acceptors (Lipinski definition) is 1. The van der Waals surface area contributed by atoms with Crippen molar-refractivity contribution in [1.29, 1.82) is 0 Å². The quantitative estimate of drug-likeness (QED) is 0.155. The molecule has 230 valence electrons. The third kappa shape index (κ3) is 2.53. The lowest BCUT2D eigenvalue weighted by Crippen LogP contribution is -2.75. The minimum atomic E-state index is -0.668. The van der Waals surface area contributed by atoms with E-state index in [2.05, 4.69) is 157 Å². The molecule has 1 spiro atoms. The van der Waals surface area contributed by atoms with E-state index in [-0.39, 0.29) is 10.8 Å². The van der Waals surface area contributed by atoms with Crippen LogP contribution in [0, 0.1) is 0 Å². The molecule has 4 aliphatic rings. The van der Waals surface area contributed by atoms with E-state index < -0.39 is 5.66 Å². The smallest absolute Gasteiger partial charge is 0.378 e. The number of pyridine rings is 2. The number of nitrogens with zero attached hydrogens (tertiary/aromatic N) is 4. The lowest BCUT2D eigenvalue weighted by molar-refractivity contribution is -0.938. The van der Waals surface area contributed by atoms with Crippen LogP contribution in [0.5, 0.6) is 11.6 Å². The average molecular weight is 623 g/mol. The molecule has 0 bridgehead atoms. The molecule has 4 aliphatic heterocycles. The zero-order chi connectivity index (χ0) is 32.2. The highest BCUT2D eigenvalue weighted by Gasteiger charge is 2.71. The first-order chi connectivity index (χ1) is 23.1. The van der Waals surface area contributed by atoms with Gasteiger partial charge in [-0.1, -0.05) is 77.9 Å². The van der Waals surface area contributed by atoms with E-state index in [1.54, 1.807) is 0 Å². The largest absolute Gasteiger partial charge is 0.404 e. The maximum absolute atomic E-state index is 7.09. The Kier molecular flexibility index (Phi) is 4.00. The molecule has 0 saturated heterocycles. The van der Waals surface area contributed by atoms with Crippen molar-refractivity contribution in [2.45, 2.75) is 58.0 Å². The van der Waals surface area contributed by atoms with Crippen LogP contribution in [0.2, 0.25) is 0 Å². The molecular weight excluding hydrogens is 589 g/mol. The van der Waals surface area contributed by atoms with E-state index in [1.165, 1.54) is 88.8 Å². The lowest BCUT2D eigenvalue weighted by atomic mass is 9.81. The molecule has 48 heavy (non-hydrogen) atoms. The van der Waals surface area contributed by atoms with Crippen molar-refractivity contribution in [3.8, 4) is 34.5 Å². The Morgan fingerprint density at radius 3 is 1.85 bits per heavy atom. The Bertz CT molecular complexity index is 2890. The molecule has 1 unspecified atom stereocenters. The molecular formula is C43H34N4O+2. The molecule has 5 nitrogen and oxygen atoms in total. The van der Waals surface area contributed by atoms with E-state index in [9.17, 15) is 0 Å². The highest BCUT2D eigenvalue weighted by Crippen LogP contribution is 2.58. The van der Waals surface area contributed by atoms with Crippen LogP contribution in [0.25, 0.3) is 66.5 Å². The van der Waals surface area contributed by atoms with Crippen LogP contribution in [0.1, 0.15) is 63.8 Å². The Morgan fingerprint density at radius 2 is 1.17 bits per heavy atom. The van der Waals surface area contributed by atoms with Crippen LogP contribution in [-0.4, -0.2) is 9.13 Å². The molecule has 0 amide bonds. The van der Waals surface area contributed by atoms with Crippen molar-refractivity contribution in [2.24, 2.45) is 0 Å². The summed E-state index contributed by atoms with van der Waals surface area (Å²) in [5, 5.41) is 5.16. The first kappa shape index (κ1) is 25.6. The summed E-state index contributed by atoms with van der Waals surface area (Å²) in [7, 11) is 0. The van der Waals surface area contributed by atoms with E-state index in [1.807, 2.05) is 0 Å². The maximum Gasteiger partial charge on any atom is 0.378 e. The van der Waals surface area contributed by atoms with Gasteiger partial charge in [-0.2, -0.15) is 4.57 Å². The topological polar surface area (TPSA) is 26.8 Å². The Morgan fingerprint density at radius 1 is 0.562 bits per heavy atom. The van der Waals surface area contributed by atoms with Crippen LogP contribution in [-0.2, 0) is 16.5 Å². The average Bonchev–Trinajstić information content (AvgIpc) is 3.68. The lowest BCUT2D eigenvalue weighted by Gasteiger charge is -2.37. The van der Waals surface area contributed by atoms with Gasteiger partial charge < -0.3 is 9.30 Å². The van der Waals surface area contributed by atoms with Crippen molar-refractivity contribution < 1.29 is 13.9 Å². The van der Waals surface area contributed by atoms with Gasteiger partial charge in [-0.15, -0.1) is 9.13 Å². The SMILES string of the molecule is CC(C)(C)c1cc2[n+]3c(c1)-c1cc(C(C)(C)C)cc4[n+]1C31c3c(cccc3-n3c5ccccc5c5cc6c7ccccc7n-4c6c1c53)O2. The number of para-hydroxylation sites is 2. The second-order valence-corrected chi connectivity index (χ2v) is 16.3. The van der Waals surface area contributed by atoms with Gasteiger partial charge in [-0.25, -0.2) is 0 Å². The molecule has 0 aliphatic carbocycles. The number of aromatic nitrogens is 4. The highest BCUT2D eigenvalue weighted by atomic mass is 16.5. The fourth-order valence-electron chi connectivity index (χ4n) is 9.62. The van der Waals surface area contributed by atoms with Crippen LogP contribution in [0.3, 0.4) is 0 Å². The monoisotopic (exact) mass is 622 g/mol. The van der Waals surface area contributed by atoms with Gasteiger partial charge in [0.05, 0.1) is 22.8 Å². The van der Waals surface area contributed by atoms with E-state index in [4.69, 9.17) is 4.74 Å². The first-order valence-electron chi connectivity index (χ1n) is 17.1. The molecule has 0 radical (unpaired) electrons. The fraction of sp³-hybridized carbons (Fsp3) is 0.209. The van der Waals surface area contributed by atoms with Crippen molar-refractivity contribution >= 4 is 43.6 Å². The molecule has 0 saturated carbocycles. The van der Waals surface area contributed by atoms with Gasteiger partial charge in [0.1, 0.15) is 16.6 Å². The van der Waals surface area contributed by atoms with Crippen LogP contribution >= 0.6 is 0 Å². The van der Waals surface area contributed by atoms with Gasteiger partial charge in [-0.05, 0) is 64.4 Å². The summed E-state index contributed by atoms with van der Waals surface area (Å²) in [4.78, 5) is 0. The predicted molar refractivity (Wildman–Crippen MR) is 190 cm³/mol. The van der Waals surface area contributed by atoms with Gasteiger partial charge in [-0.3, -0.25) is 0 Å². The summed E-state index contributed by atoms with van der Waals surface area (Å²) in [5.41, 5.74) is 13.0. The second-order valence-electron chi connectivity index (χ2n) is 16.3. The number of hydrogen-bond donors (Lipinski definition) is 0. The molecule has 4 aromatic carbocycles.